The Hall–Kier alpha value is -3.90. The van der Waals surface area contributed by atoms with Crippen LogP contribution in [0.15, 0.2) is 23.0 Å². The third-order valence-corrected chi connectivity index (χ3v) is 8.38. The number of aromatic hydroxyl groups is 1. The molecule has 1 aromatic rings. The fraction of sp³-hybridized carbons (Fsp3) is 0.517. The number of rotatable bonds is 8. The first-order valence-electron chi connectivity index (χ1n) is 13.5. The number of phenols is 1. The summed E-state index contributed by atoms with van der Waals surface area (Å²) in [5.41, 5.74) is 3.16. The highest BCUT2D eigenvalue weighted by atomic mass is 16.3. The minimum atomic E-state index is -2.70. The molecular formula is C29H38N4O8. The van der Waals surface area contributed by atoms with Gasteiger partial charge in [-0.05, 0) is 50.4 Å². The van der Waals surface area contributed by atoms with Crippen LogP contribution in [-0.2, 0) is 32.1 Å². The number of aliphatic hydroxyl groups excluding tert-OH is 2. The van der Waals surface area contributed by atoms with Crippen molar-refractivity contribution in [1.29, 1.82) is 0 Å². The Balaban J connectivity index is 1.95. The maximum Gasteiger partial charge on any atom is 0.255 e. The molecule has 3 aliphatic carbocycles. The number of hydrogen-bond acceptors (Lipinski definition) is 10. The molecule has 1 saturated carbocycles. The summed E-state index contributed by atoms with van der Waals surface area (Å²) in [5, 5.41) is 45.7. The predicted octanol–water partition coefficient (Wildman–Crippen LogP) is 0.644. The van der Waals surface area contributed by atoms with Gasteiger partial charge in [-0.25, -0.2) is 0 Å². The Bertz CT molecular complexity index is 1400. The SMILES string of the molecule is CC(C)CN(C=O)Cc1cc(N(C)C)c2c(c1O)C(O)=C1C(=O)[C@]3(O)C(O)=C(C(N)=O)C(=O)C(N(C)C)[C@H]3C[C@H]1C2. The molecule has 1 fully saturated rings. The van der Waals surface area contributed by atoms with Crippen molar-refractivity contribution in [3.63, 3.8) is 0 Å². The quantitative estimate of drug-likeness (QED) is 0.219. The van der Waals surface area contributed by atoms with Crippen molar-refractivity contribution in [2.45, 2.75) is 44.9 Å². The number of Topliss-reactive ketones (excluding diaryl/α,β-unsaturated/α-hetero) is 2. The summed E-state index contributed by atoms with van der Waals surface area (Å²) in [4.78, 5) is 56.0. The third kappa shape index (κ3) is 4.55. The zero-order valence-corrected chi connectivity index (χ0v) is 24.1. The molecule has 2 amide bonds. The molecule has 3 aliphatic rings. The molecule has 0 heterocycles. The number of carbonyl (C=O) groups excluding carboxylic acids is 4. The van der Waals surface area contributed by atoms with Gasteiger partial charge in [0.05, 0.1) is 11.6 Å². The van der Waals surface area contributed by atoms with Crippen LogP contribution in [0.1, 0.15) is 37.0 Å². The Morgan fingerprint density at radius 2 is 1.80 bits per heavy atom. The van der Waals surface area contributed by atoms with Crippen molar-refractivity contribution in [2.24, 2.45) is 23.5 Å². The number of nitrogens with zero attached hydrogens (tertiary/aromatic N) is 3. The molecule has 6 N–H and O–H groups in total. The average Bonchev–Trinajstić information content (AvgIpc) is 2.86. The van der Waals surface area contributed by atoms with Crippen LogP contribution >= 0.6 is 0 Å². The van der Waals surface area contributed by atoms with E-state index in [2.05, 4.69) is 0 Å². The van der Waals surface area contributed by atoms with Gasteiger partial charge in [-0.3, -0.25) is 24.1 Å². The molecule has 1 aromatic carbocycles. The van der Waals surface area contributed by atoms with Gasteiger partial charge in [0.1, 0.15) is 22.8 Å². The first-order chi connectivity index (χ1) is 19.1. The van der Waals surface area contributed by atoms with Crippen LogP contribution in [0.3, 0.4) is 0 Å². The molecule has 0 spiro atoms. The van der Waals surface area contributed by atoms with Crippen LogP contribution in [0.4, 0.5) is 5.69 Å². The molecule has 0 bridgehead atoms. The Morgan fingerprint density at radius 1 is 1.17 bits per heavy atom. The predicted molar refractivity (Wildman–Crippen MR) is 150 cm³/mol. The molecule has 0 aliphatic heterocycles. The van der Waals surface area contributed by atoms with Crippen molar-refractivity contribution in [2.75, 3.05) is 39.6 Å². The highest BCUT2D eigenvalue weighted by molar-refractivity contribution is 6.24. The van der Waals surface area contributed by atoms with E-state index < -0.39 is 58.0 Å². The fourth-order valence-electron chi connectivity index (χ4n) is 6.70. The van der Waals surface area contributed by atoms with E-state index in [-0.39, 0.29) is 42.2 Å². The lowest BCUT2D eigenvalue weighted by Crippen LogP contribution is -2.65. The van der Waals surface area contributed by atoms with E-state index in [1.54, 1.807) is 39.2 Å². The van der Waals surface area contributed by atoms with Crippen LogP contribution in [0.25, 0.3) is 5.76 Å². The zero-order chi connectivity index (χ0) is 30.7. The minimum Gasteiger partial charge on any atom is -0.508 e. The Morgan fingerprint density at radius 3 is 2.32 bits per heavy atom. The molecule has 12 heteroatoms. The van der Waals surface area contributed by atoms with Gasteiger partial charge in [0.15, 0.2) is 11.4 Å². The second-order valence-electron chi connectivity index (χ2n) is 12.0. The molecule has 12 nitrogen and oxygen atoms in total. The summed E-state index contributed by atoms with van der Waals surface area (Å²) in [6, 6.07) is 0.594. The molecule has 4 rings (SSSR count). The first kappa shape index (κ1) is 30.1. The number of phenolic OH excluding ortho intramolecular Hbond substituents is 1. The van der Waals surface area contributed by atoms with E-state index in [4.69, 9.17) is 5.73 Å². The van der Waals surface area contributed by atoms with E-state index in [0.29, 0.717) is 29.8 Å². The van der Waals surface area contributed by atoms with Gasteiger partial charge in [0.2, 0.25) is 12.2 Å². The highest BCUT2D eigenvalue weighted by Gasteiger charge is 2.64. The number of anilines is 1. The second kappa shape index (κ2) is 10.5. The lowest BCUT2D eigenvalue weighted by Gasteiger charge is -2.50. The number of carbonyl (C=O) groups is 4. The van der Waals surface area contributed by atoms with E-state index in [9.17, 15) is 39.6 Å². The summed E-state index contributed by atoms with van der Waals surface area (Å²) in [5.74, 6) is -6.81. The van der Waals surface area contributed by atoms with Gasteiger partial charge in [-0.1, -0.05) is 13.8 Å². The standard InChI is InChI=1S/C29H38N4O8/c1-13(2)10-33(12-34)11-15-9-18(31(3)4)16-7-14-8-17-22(32(5)6)25(37)21(28(30)40)27(39)29(17,41)26(38)19(14)24(36)20(16)23(15)35/h9,12-14,17,22,35-36,39,41H,7-8,10-11H2,1-6H3,(H2,30,40)/t14-,17-,22?,29+/m1/s1. The first-order valence-corrected chi connectivity index (χ1v) is 13.5. The van der Waals surface area contributed by atoms with Gasteiger partial charge >= 0.3 is 0 Å². The number of ketones is 2. The summed E-state index contributed by atoms with van der Waals surface area (Å²) in [6.45, 7) is 4.38. The molecule has 4 atom stereocenters. The number of benzene rings is 1. The van der Waals surface area contributed by atoms with E-state index in [1.165, 1.54) is 9.80 Å². The van der Waals surface area contributed by atoms with E-state index in [0.717, 1.165) is 0 Å². The summed E-state index contributed by atoms with van der Waals surface area (Å²) in [7, 11) is 6.69. The fourth-order valence-corrected chi connectivity index (χ4v) is 6.70. The number of amides is 2. The molecular weight excluding hydrogens is 532 g/mol. The molecule has 0 radical (unpaired) electrons. The minimum absolute atomic E-state index is 0.00196. The van der Waals surface area contributed by atoms with Crippen molar-refractivity contribution in [3.05, 3.63) is 39.7 Å². The summed E-state index contributed by atoms with van der Waals surface area (Å²) in [6.07, 6.45) is 0.869. The molecule has 1 unspecified atom stereocenters. The molecule has 0 saturated heterocycles. The maximum atomic E-state index is 14.1. The van der Waals surface area contributed by atoms with Crippen LogP contribution in [0.5, 0.6) is 5.75 Å². The van der Waals surface area contributed by atoms with Gasteiger partial charge in [0, 0.05) is 49.9 Å². The van der Waals surface area contributed by atoms with Gasteiger partial charge in [0.25, 0.3) is 5.91 Å². The van der Waals surface area contributed by atoms with Crippen molar-refractivity contribution >= 4 is 35.3 Å². The third-order valence-electron chi connectivity index (χ3n) is 8.38. The second-order valence-corrected chi connectivity index (χ2v) is 12.0. The molecule has 0 aromatic heterocycles. The Kier molecular flexibility index (Phi) is 7.70. The zero-order valence-electron chi connectivity index (χ0n) is 24.1. The number of hydrogen-bond donors (Lipinski definition) is 5. The number of nitrogens with two attached hydrogens (primary N) is 1. The van der Waals surface area contributed by atoms with Crippen molar-refractivity contribution in [3.8, 4) is 5.75 Å². The molecule has 222 valence electrons. The van der Waals surface area contributed by atoms with Crippen LogP contribution in [-0.4, -0.2) is 100 Å². The Labute approximate surface area is 238 Å². The maximum absolute atomic E-state index is 14.1. The van der Waals surface area contributed by atoms with Crippen LogP contribution in [0, 0.1) is 17.8 Å². The van der Waals surface area contributed by atoms with E-state index in [1.807, 2.05) is 13.8 Å². The average molecular weight is 571 g/mol. The van der Waals surface area contributed by atoms with Crippen molar-refractivity contribution in [1.82, 2.24) is 9.80 Å². The number of fused-ring (bicyclic) bond motifs is 3. The van der Waals surface area contributed by atoms with Crippen LogP contribution < -0.4 is 10.6 Å². The largest absolute Gasteiger partial charge is 0.508 e. The monoisotopic (exact) mass is 570 g/mol. The number of aliphatic hydroxyl groups is 3. The van der Waals surface area contributed by atoms with Gasteiger partial charge in [-0.2, -0.15) is 0 Å². The summed E-state index contributed by atoms with van der Waals surface area (Å²) >= 11 is 0. The topological polar surface area (TPSA) is 185 Å². The van der Waals surface area contributed by atoms with Gasteiger partial charge in [-0.15, -0.1) is 0 Å². The molecule has 41 heavy (non-hydrogen) atoms. The van der Waals surface area contributed by atoms with Gasteiger partial charge < -0.3 is 36.0 Å². The normalized spacial score (nSPS) is 25.7. The number of primary amides is 1. The lowest BCUT2D eigenvalue weighted by atomic mass is 9.57. The van der Waals surface area contributed by atoms with E-state index >= 15 is 0 Å². The van der Waals surface area contributed by atoms with Crippen molar-refractivity contribution < 1.29 is 39.6 Å². The number of likely N-dealkylation sites (N-methyl/N-ethyl adjacent to an activating group) is 1. The van der Waals surface area contributed by atoms with Crippen LogP contribution in [0.2, 0.25) is 0 Å². The summed E-state index contributed by atoms with van der Waals surface area (Å²) < 4.78 is 0. The lowest BCUT2D eigenvalue weighted by molar-refractivity contribution is -0.153. The highest BCUT2D eigenvalue weighted by Crippen LogP contribution is 2.54. The smallest absolute Gasteiger partial charge is 0.255 e.